The van der Waals surface area contributed by atoms with Crippen LogP contribution in [-0.4, -0.2) is 31.1 Å². The van der Waals surface area contributed by atoms with Crippen LogP contribution in [0, 0.1) is 0 Å². The normalized spacial score (nSPS) is 27.1. The number of rotatable bonds is 3. The Labute approximate surface area is 116 Å². The van der Waals surface area contributed by atoms with Gasteiger partial charge in [0.05, 0.1) is 12.1 Å². The first kappa shape index (κ1) is 12.2. The lowest BCUT2D eigenvalue weighted by Crippen LogP contribution is -2.30. The van der Waals surface area contributed by atoms with Gasteiger partial charge in [-0.2, -0.15) is 0 Å². The van der Waals surface area contributed by atoms with Crippen LogP contribution in [-0.2, 0) is 11.2 Å². The molecule has 0 spiro atoms. The van der Waals surface area contributed by atoms with Crippen LogP contribution in [0.25, 0.3) is 0 Å². The summed E-state index contributed by atoms with van der Waals surface area (Å²) in [4.78, 5) is 4.71. The van der Waals surface area contributed by atoms with E-state index in [0.717, 1.165) is 36.4 Å². The van der Waals surface area contributed by atoms with Crippen LogP contribution in [0.3, 0.4) is 0 Å². The summed E-state index contributed by atoms with van der Waals surface area (Å²) in [7, 11) is 0. The van der Waals surface area contributed by atoms with Gasteiger partial charge in [0.15, 0.2) is 0 Å². The molecule has 2 heterocycles. The Balaban J connectivity index is 1.62. The molecule has 2 aliphatic rings. The van der Waals surface area contributed by atoms with E-state index in [2.05, 4.69) is 45.5 Å². The van der Waals surface area contributed by atoms with Crippen molar-refractivity contribution in [3.63, 3.8) is 0 Å². The Morgan fingerprint density at radius 1 is 1.33 bits per heavy atom. The molecule has 4 heteroatoms. The van der Waals surface area contributed by atoms with Crippen LogP contribution in [0.5, 0.6) is 0 Å². The summed E-state index contributed by atoms with van der Waals surface area (Å²) in [6.45, 7) is 1.81. The molecule has 1 aromatic rings. The lowest BCUT2D eigenvalue weighted by molar-refractivity contribution is 0.302. The zero-order valence-corrected chi connectivity index (χ0v) is 11.8. The van der Waals surface area contributed by atoms with Crippen LogP contribution >= 0.6 is 15.9 Å². The minimum absolute atomic E-state index is 0.281. The van der Waals surface area contributed by atoms with E-state index >= 15 is 0 Å². The van der Waals surface area contributed by atoms with Gasteiger partial charge in [0.1, 0.15) is 6.61 Å². The number of aliphatic imine (C=N–C) groups is 1. The van der Waals surface area contributed by atoms with E-state index in [-0.39, 0.29) is 6.04 Å². The molecular weight excluding hydrogens is 292 g/mol. The number of halogens is 1. The van der Waals surface area contributed by atoms with Crippen LogP contribution in [0.15, 0.2) is 33.7 Å². The summed E-state index contributed by atoms with van der Waals surface area (Å²) in [6, 6.07) is 9.09. The fourth-order valence-corrected chi connectivity index (χ4v) is 2.78. The maximum absolute atomic E-state index is 5.72. The van der Waals surface area contributed by atoms with Gasteiger partial charge in [-0.25, -0.2) is 4.99 Å². The van der Waals surface area contributed by atoms with E-state index in [0.29, 0.717) is 6.04 Å². The van der Waals surface area contributed by atoms with Crippen LogP contribution in [0.1, 0.15) is 18.4 Å². The molecule has 2 atom stereocenters. The highest BCUT2D eigenvalue weighted by Gasteiger charge is 2.27. The van der Waals surface area contributed by atoms with E-state index in [1.165, 1.54) is 12.0 Å². The van der Waals surface area contributed by atoms with Crippen molar-refractivity contribution in [2.75, 3.05) is 13.2 Å². The van der Waals surface area contributed by atoms with E-state index in [1.54, 1.807) is 0 Å². The molecule has 2 unspecified atom stereocenters. The van der Waals surface area contributed by atoms with Gasteiger partial charge in [0, 0.05) is 4.47 Å². The zero-order valence-electron chi connectivity index (χ0n) is 10.2. The molecule has 0 radical (unpaired) electrons. The zero-order chi connectivity index (χ0) is 12.4. The van der Waals surface area contributed by atoms with Crippen molar-refractivity contribution in [3.8, 4) is 0 Å². The standard InChI is InChI=1S/C14H17BrN2O/c15-11-5-3-10(4-6-11)8-12-9-18-14(17-12)13-2-1-7-16-13/h3-6,12-13,16H,1-2,7-9H2. The molecule has 0 saturated carbocycles. The van der Waals surface area contributed by atoms with Gasteiger partial charge in [-0.1, -0.05) is 28.1 Å². The molecule has 1 aromatic carbocycles. The maximum atomic E-state index is 5.72. The fourth-order valence-electron chi connectivity index (χ4n) is 2.52. The number of nitrogens with zero attached hydrogens (tertiary/aromatic N) is 1. The monoisotopic (exact) mass is 308 g/mol. The van der Waals surface area contributed by atoms with E-state index in [9.17, 15) is 0 Å². The molecule has 18 heavy (non-hydrogen) atoms. The number of benzene rings is 1. The molecule has 1 saturated heterocycles. The van der Waals surface area contributed by atoms with Gasteiger partial charge >= 0.3 is 0 Å². The Bertz CT molecular complexity index is 438. The molecule has 0 aromatic heterocycles. The fraction of sp³-hybridized carbons (Fsp3) is 0.500. The first-order valence-corrected chi connectivity index (χ1v) is 7.29. The third-order valence-corrected chi connectivity index (χ3v) is 4.01. The van der Waals surface area contributed by atoms with Gasteiger partial charge in [0.25, 0.3) is 0 Å². The van der Waals surface area contributed by atoms with E-state index in [1.807, 2.05) is 0 Å². The Morgan fingerprint density at radius 2 is 2.17 bits per heavy atom. The molecule has 3 nitrogen and oxygen atoms in total. The number of hydrogen-bond donors (Lipinski definition) is 1. The largest absolute Gasteiger partial charge is 0.478 e. The van der Waals surface area contributed by atoms with Gasteiger partial charge in [-0.3, -0.25) is 0 Å². The average molecular weight is 309 g/mol. The maximum Gasteiger partial charge on any atom is 0.201 e. The van der Waals surface area contributed by atoms with Crippen molar-refractivity contribution in [2.45, 2.75) is 31.3 Å². The highest BCUT2D eigenvalue weighted by atomic mass is 79.9. The van der Waals surface area contributed by atoms with Crippen molar-refractivity contribution in [3.05, 3.63) is 34.3 Å². The first-order valence-electron chi connectivity index (χ1n) is 6.49. The van der Waals surface area contributed by atoms with Crippen LogP contribution in [0.2, 0.25) is 0 Å². The predicted octanol–water partition coefficient (Wildman–Crippen LogP) is 2.54. The molecule has 96 valence electrons. The topological polar surface area (TPSA) is 33.6 Å². The summed E-state index contributed by atoms with van der Waals surface area (Å²) >= 11 is 3.45. The molecule has 1 fully saturated rings. The molecule has 1 N–H and O–H groups in total. The van der Waals surface area contributed by atoms with Gasteiger partial charge in [-0.15, -0.1) is 0 Å². The van der Waals surface area contributed by atoms with Crippen molar-refractivity contribution >= 4 is 21.8 Å². The number of ether oxygens (including phenoxy) is 1. The predicted molar refractivity (Wildman–Crippen MR) is 76.0 cm³/mol. The molecule has 3 rings (SSSR count). The van der Waals surface area contributed by atoms with E-state index < -0.39 is 0 Å². The number of nitrogens with one attached hydrogen (secondary N) is 1. The first-order chi connectivity index (χ1) is 8.81. The molecule has 0 aliphatic carbocycles. The Morgan fingerprint density at radius 3 is 2.89 bits per heavy atom. The molecule has 0 bridgehead atoms. The molecule has 2 aliphatic heterocycles. The average Bonchev–Trinajstić information content (AvgIpc) is 3.02. The van der Waals surface area contributed by atoms with Crippen LogP contribution in [0.4, 0.5) is 0 Å². The second kappa shape index (κ2) is 5.41. The highest BCUT2D eigenvalue weighted by molar-refractivity contribution is 9.10. The number of hydrogen-bond acceptors (Lipinski definition) is 3. The summed E-state index contributed by atoms with van der Waals surface area (Å²) < 4.78 is 6.84. The quantitative estimate of drug-likeness (QED) is 0.931. The Hall–Kier alpha value is -0.870. The second-order valence-corrected chi connectivity index (χ2v) is 5.83. The van der Waals surface area contributed by atoms with Crippen molar-refractivity contribution in [1.29, 1.82) is 0 Å². The van der Waals surface area contributed by atoms with E-state index in [4.69, 9.17) is 9.73 Å². The summed E-state index contributed by atoms with van der Waals surface area (Å²) in [5.41, 5.74) is 1.32. The lowest BCUT2D eigenvalue weighted by Gasteiger charge is -2.08. The third-order valence-electron chi connectivity index (χ3n) is 3.48. The summed E-state index contributed by atoms with van der Waals surface area (Å²) in [6.07, 6.45) is 3.35. The molecule has 0 amide bonds. The second-order valence-electron chi connectivity index (χ2n) is 4.91. The SMILES string of the molecule is Brc1ccc(CC2COC(C3CCCN3)=N2)cc1. The van der Waals surface area contributed by atoms with Crippen LogP contribution < -0.4 is 5.32 Å². The highest BCUT2D eigenvalue weighted by Crippen LogP contribution is 2.18. The smallest absolute Gasteiger partial charge is 0.201 e. The third kappa shape index (κ3) is 2.75. The lowest BCUT2D eigenvalue weighted by atomic mass is 10.1. The van der Waals surface area contributed by atoms with Crippen molar-refractivity contribution in [2.24, 2.45) is 4.99 Å². The minimum atomic E-state index is 0.281. The summed E-state index contributed by atoms with van der Waals surface area (Å²) in [5, 5.41) is 3.43. The van der Waals surface area contributed by atoms with Gasteiger partial charge < -0.3 is 10.1 Å². The molecular formula is C14H17BrN2O. The van der Waals surface area contributed by atoms with Crippen molar-refractivity contribution < 1.29 is 4.74 Å². The summed E-state index contributed by atoms with van der Waals surface area (Å²) in [5.74, 6) is 0.926. The Kier molecular flexibility index (Phi) is 3.66. The van der Waals surface area contributed by atoms with Gasteiger partial charge in [-0.05, 0) is 43.5 Å². The minimum Gasteiger partial charge on any atom is -0.478 e. The van der Waals surface area contributed by atoms with Gasteiger partial charge in [0.2, 0.25) is 5.90 Å². The van der Waals surface area contributed by atoms with Crippen molar-refractivity contribution in [1.82, 2.24) is 5.32 Å².